The lowest BCUT2D eigenvalue weighted by atomic mass is 9.93. The van der Waals surface area contributed by atoms with Crippen LogP contribution in [0.15, 0.2) is 18.2 Å². The van der Waals surface area contributed by atoms with Crippen LogP contribution in [0.1, 0.15) is 55.3 Å². The number of carbonyl (C=O) groups excluding carboxylic acids is 1. The molecular weight excluding hydrogens is 260 g/mol. The number of hydrogen-bond donors (Lipinski definition) is 2. The molecule has 0 radical (unpaired) electrons. The Kier molecular flexibility index (Phi) is 5.80. The van der Waals surface area contributed by atoms with Gasteiger partial charge in [0.15, 0.2) is 0 Å². The van der Waals surface area contributed by atoms with Gasteiger partial charge in [-0.3, -0.25) is 4.79 Å². The van der Waals surface area contributed by atoms with Gasteiger partial charge in [-0.2, -0.15) is 0 Å². The highest BCUT2D eigenvalue weighted by molar-refractivity contribution is 5.76. The van der Waals surface area contributed by atoms with Gasteiger partial charge in [-0.1, -0.05) is 23.8 Å². The molecule has 0 saturated carbocycles. The SMILES string of the molecule is Cc1ccc(C(C)NC(=O)CCC2CCNCC2)c(C)c1. The molecular formula is C18H28N2O. The molecule has 1 amide bonds. The summed E-state index contributed by atoms with van der Waals surface area (Å²) in [5.74, 6) is 0.898. The second kappa shape index (κ2) is 7.60. The molecule has 1 atom stereocenters. The summed E-state index contributed by atoms with van der Waals surface area (Å²) in [5, 5.41) is 6.51. The number of nitrogens with one attached hydrogen (secondary N) is 2. The number of carbonyl (C=O) groups is 1. The molecule has 1 aliphatic heterocycles. The van der Waals surface area contributed by atoms with Gasteiger partial charge in [0.2, 0.25) is 5.91 Å². The van der Waals surface area contributed by atoms with Crippen LogP contribution in [0.4, 0.5) is 0 Å². The maximum Gasteiger partial charge on any atom is 0.220 e. The summed E-state index contributed by atoms with van der Waals surface area (Å²) >= 11 is 0. The molecule has 0 spiro atoms. The van der Waals surface area contributed by atoms with Crippen LogP contribution in [0.2, 0.25) is 0 Å². The third kappa shape index (κ3) is 4.85. The molecule has 3 heteroatoms. The van der Waals surface area contributed by atoms with Crippen molar-refractivity contribution in [2.75, 3.05) is 13.1 Å². The Hall–Kier alpha value is -1.35. The molecule has 1 aromatic rings. The lowest BCUT2D eigenvalue weighted by Crippen LogP contribution is -2.30. The zero-order valence-corrected chi connectivity index (χ0v) is 13.5. The minimum absolute atomic E-state index is 0.0890. The summed E-state index contributed by atoms with van der Waals surface area (Å²) in [7, 11) is 0. The molecule has 2 rings (SSSR count). The first-order valence-corrected chi connectivity index (χ1v) is 8.13. The van der Waals surface area contributed by atoms with Crippen molar-refractivity contribution in [2.24, 2.45) is 5.92 Å². The van der Waals surface area contributed by atoms with Gasteiger partial charge in [-0.25, -0.2) is 0 Å². The summed E-state index contributed by atoms with van der Waals surface area (Å²) in [6.07, 6.45) is 4.09. The van der Waals surface area contributed by atoms with E-state index in [4.69, 9.17) is 0 Å². The van der Waals surface area contributed by atoms with Crippen LogP contribution in [0.25, 0.3) is 0 Å². The van der Waals surface area contributed by atoms with Crippen molar-refractivity contribution >= 4 is 5.91 Å². The van der Waals surface area contributed by atoms with Gasteiger partial charge in [0.05, 0.1) is 6.04 Å². The lowest BCUT2D eigenvalue weighted by Gasteiger charge is -2.23. The summed E-state index contributed by atoms with van der Waals surface area (Å²) in [6, 6.07) is 6.50. The van der Waals surface area contributed by atoms with E-state index in [1.807, 2.05) is 0 Å². The zero-order valence-electron chi connectivity index (χ0n) is 13.5. The number of aryl methyl sites for hydroxylation is 2. The van der Waals surface area contributed by atoms with Crippen molar-refractivity contribution < 1.29 is 4.79 Å². The molecule has 1 unspecified atom stereocenters. The van der Waals surface area contributed by atoms with Gasteiger partial charge in [-0.15, -0.1) is 0 Å². The predicted molar refractivity (Wildman–Crippen MR) is 87.3 cm³/mol. The highest BCUT2D eigenvalue weighted by Gasteiger charge is 2.16. The number of benzene rings is 1. The fourth-order valence-electron chi connectivity index (χ4n) is 3.21. The van der Waals surface area contributed by atoms with E-state index in [-0.39, 0.29) is 11.9 Å². The smallest absolute Gasteiger partial charge is 0.220 e. The van der Waals surface area contributed by atoms with Crippen LogP contribution in [-0.4, -0.2) is 19.0 Å². The van der Waals surface area contributed by atoms with Crippen LogP contribution in [0.3, 0.4) is 0 Å². The van der Waals surface area contributed by atoms with Gasteiger partial charge in [0, 0.05) is 6.42 Å². The Balaban J connectivity index is 1.81. The second-order valence-corrected chi connectivity index (χ2v) is 6.38. The van der Waals surface area contributed by atoms with Gasteiger partial charge >= 0.3 is 0 Å². The predicted octanol–water partition coefficient (Wildman–Crippen LogP) is 3.26. The monoisotopic (exact) mass is 288 g/mol. The molecule has 1 fully saturated rings. The number of rotatable bonds is 5. The third-order valence-corrected chi connectivity index (χ3v) is 4.51. The second-order valence-electron chi connectivity index (χ2n) is 6.38. The topological polar surface area (TPSA) is 41.1 Å². The van der Waals surface area contributed by atoms with Crippen LogP contribution in [0.5, 0.6) is 0 Å². The minimum Gasteiger partial charge on any atom is -0.350 e. The summed E-state index contributed by atoms with van der Waals surface area (Å²) in [5.41, 5.74) is 3.73. The Morgan fingerprint density at radius 1 is 1.33 bits per heavy atom. The molecule has 1 aromatic carbocycles. The Morgan fingerprint density at radius 2 is 2.05 bits per heavy atom. The summed E-state index contributed by atoms with van der Waals surface area (Å²) in [4.78, 5) is 12.1. The largest absolute Gasteiger partial charge is 0.350 e. The number of hydrogen-bond acceptors (Lipinski definition) is 2. The van der Waals surface area contributed by atoms with E-state index < -0.39 is 0 Å². The molecule has 1 aliphatic rings. The van der Waals surface area contributed by atoms with Gasteiger partial charge in [0.1, 0.15) is 0 Å². The van der Waals surface area contributed by atoms with Crippen molar-refractivity contribution in [2.45, 2.75) is 52.5 Å². The van der Waals surface area contributed by atoms with Crippen LogP contribution in [0, 0.1) is 19.8 Å². The Bertz CT molecular complexity index is 478. The first kappa shape index (κ1) is 16.0. The van der Waals surface area contributed by atoms with Crippen LogP contribution >= 0.6 is 0 Å². The highest BCUT2D eigenvalue weighted by atomic mass is 16.1. The third-order valence-electron chi connectivity index (χ3n) is 4.51. The van der Waals surface area contributed by atoms with E-state index in [0.717, 1.165) is 19.5 Å². The Labute approximate surface area is 128 Å². The molecule has 3 nitrogen and oxygen atoms in total. The van der Waals surface area contributed by atoms with E-state index in [1.165, 1.54) is 29.5 Å². The van der Waals surface area contributed by atoms with Crippen LogP contribution < -0.4 is 10.6 Å². The number of piperidine rings is 1. The highest BCUT2D eigenvalue weighted by Crippen LogP contribution is 2.20. The van der Waals surface area contributed by atoms with E-state index in [1.54, 1.807) is 0 Å². The molecule has 0 aliphatic carbocycles. The van der Waals surface area contributed by atoms with Gasteiger partial charge in [0.25, 0.3) is 0 Å². The fourth-order valence-corrected chi connectivity index (χ4v) is 3.21. The van der Waals surface area contributed by atoms with Crippen molar-refractivity contribution in [1.29, 1.82) is 0 Å². The molecule has 21 heavy (non-hydrogen) atoms. The van der Waals surface area contributed by atoms with E-state index in [2.05, 4.69) is 49.6 Å². The van der Waals surface area contributed by atoms with Crippen molar-refractivity contribution in [3.05, 3.63) is 34.9 Å². The normalized spacial score (nSPS) is 17.5. The molecule has 1 heterocycles. The average Bonchev–Trinajstić information content (AvgIpc) is 2.46. The molecule has 1 saturated heterocycles. The number of amides is 1. The van der Waals surface area contributed by atoms with Gasteiger partial charge < -0.3 is 10.6 Å². The van der Waals surface area contributed by atoms with E-state index >= 15 is 0 Å². The molecule has 116 valence electrons. The van der Waals surface area contributed by atoms with Gasteiger partial charge in [-0.05, 0) is 70.2 Å². The molecule has 2 N–H and O–H groups in total. The standard InChI is InChI=1S/C18H28N2O/c1-13-4-6-17(14(2)12-13)15(3)20-18(21)7-5-16-8-10-19-11-9-16/h4,6,12,15-16,19H,5,7-11H2,1-3H3,(H,20,21). The quantitative estimate of drug-likeness (QED) is 0.873. The Morgan fingerprint density at radius 3 is 2.71 bits per heavy atom. The zero-order chi connectivity index (χ0) is 15.2. The molecule has 0 bridgehead atoms. The maximum absolute atomic E-state index is 12.1. The first-order valence-electron chi connectivity index (χ1n) is 8.13. The van der Waals surface area contributed by atoms with Crippen molar-refractivity contribution in [3.8, 4) is 0 Å². The van der Waals surface area contributed by atoms with E-state index in [9.17, 15) is 4.79 Å². The lowest BCUT2D eigenvalue weighted by molar-refractivity contribution is -0.122. The first-order chi connectivity index (χ1) is 10.1. The van der Waals surface area contributed by atoms with Crippen molar-refractivity contribution in [1.82, 2.24) is 10.6 Å². The van der Waals surface area contributed by atoms with Crippen molar-refractivity contribution in [3.63, 3.8) is 0 Å². The fraction of sp³-hybridized carbons (Fsp3) is 0.611. The van der Waals surface area contributed by atoms with Crippen LogP contribution in [-0.2, 0) is 4.79 Å². The summed E-state index contributed by atoms with van der Waals surface area (Å²) < 4.78 is 0. The summed E-state index contributed by atoms with van der Waals surface area (Å²) in [6.45, 7) is 8.48. The maximum atomic E-state index is 12.1. The minimum atomic E-state index is 0.0890. The average molecular weight is 288 g/mol. The van der Waals surface area contributed by atoms with E-state index in [0.29, 0.717) is 12.3 Å². The molecule has 0 aromatic heterocycles.